The molecule has 0 spiro atoms. The first-order valence-electron chi connectivity index (χ1n) is 7.60. The Labute approximate surface area is 141 Å². The molecule has 0 aliphatic heterocycles. The van der Waals surface area contributed by atoms with E-state index >= 15 is 0 Å². The molecule has 5 heteroatoms. The van der Waals surface area contributed by atoms with E-state index in [-0.39, 0.29) is 11.8 Å². The lowest BCUT2D eigenvalue weighted by Crippen LogP contribution is -2.03. The molecule has 0 N–H and O–H groups in total. The summed E-state index contributed by atoms with van der Waals surface area (Å²) in [5.74, 6) is 0.761. The van der Waals surface area contributed by atoms with Crippen molar-refractivity contribution in [1.82, 2.24) is 0 Å². The number of esters is 1. The van der Waals surface area contributed by atoms with Crippen LogP contribution in [0.3, 0.4) is 0 Å². The standard InChI is InChI=1S/C19H20O5/c1-4-17(20)16-10-9-15(11-18(16)22-2)24-12-13-5-7-14(8-6-13)19(21)23-3/h5-11H,4,12H2,1-3H3. The lowest BCUT2D eigenvalue weighted by Gasteiger charge is -2.11. The number of hydrogen-bond acceptors (Lipinski definition) is 5. The van der Waals surface area contributed by atoms with Crippen LogP contribution in [0.1, 0.15) is 39.6 Å². The first-order valence-corrected chi connectivity index (χ1v) is 7.60. The average molecular weight is 328 g/mol. The van der Waals surface area contributed by atoms with Crippen LogP contribution in [-0.2, 0) is 11.3 Å². The molecular formula is C19H20O5. The second kappa shape index (κ2) is 8.15. The van der Waals surface area contributed by atoms with Gasteiger partial charge in [-0.1, -0.05) is 19.1 Å². The molecule has 0 heterocycles. The molecule has 2 rings (SSSR count). The van der Waals surface area contributed by atoms with Gasteiger partial charge >= 0.3 is 5.97 Å². The SMILES string of the molecule is CCC(=O)c1ccc(OCc2ccc(C(=O)OC)cc2)cc1OC. The summed E-state index contributed by atoms with van der Waals surface area (Å²) in [6, 6.07) is 12.1. The Morgan fingerprint density at radius 3 is 2.29 bits per heavy atom. The van der Waals surface area contributed by atoms with Gasteiger partial charge in [-0.15, -0.1) is 0 Å². The van der Waals surface area contributed by atoms with Crippen molar-refractivity contribution in [2.24, 2.45) is 0 Å². The van der Waals surface area contributed by atoms with E-state index in [4.69, 9.17) is 9.47 Å². The highest BCUT2D eigenvalue weighted by molar-refractivity contribution is 5.98. The van der Waals surface area contributed by atoms with Crippen LogP contribution in [0.25, 0.3) is 0 Å². The molecule has 0 atom stereocenters. The molecule has 5 nitrogen and oxygen atoms in total. The number of ether oxygens (including phenoxy) is 3. The van der Waals surface area contributed by atoms with Crippen molar-refractivity contribution in [1.29, 1.82) is 0 Å². The van der Waals surface area contributed by atoms with Gasteiger partial charge in [0.15, 0.2) is 5.78 Å². The topological polar surface area (TPSA) is 61.8 Å². The summed E-state index contributed by atoms with van der Waals surface area (Å²) in [5, 5.41) is 0. The van der Waals surface area contributed by atoms with E-state index in [9.17, 15) is 9.59 Å². The van der Waals surface area contributed by atoms with Crippen LogP contribution in [0.2, 0.25) is 0 Å². The summed E-state index contributed by atoms with van der Waals surface area (Å²) in [4.78, 5) is 23.2. The average Bonchev–Trinajstić information content (AvgIpc) is 2.65. The highest BCUT2D eigenvalue weighted by atomic mass is 16.5. The molecule has 0 unspecified atom stereocenters. The second-order valence-electron chi connectivity index (χ2n) is 5.12. The van der Waals surface area contributed by atoms with Crippen LogP contribution in [-0.4, -0.2) is 26.0 Å². The van der Waals surface area contributed by atoms with Crippen LogP contribution in [0, 0.1) is 0 Å². The fourth-order valence-electron chi connectivity index (χ4n) is 2.20. The van der Waals surface area contributed by atoms with Crippen molar-refractivity contribution < 1.29 is 23.8 Å². The van der Waals surface area contributed by atoms with E-state index in [0.29, 0.717) is 35.7 Å². The normalized spacial score (nSPS) is 10.1. The highest BCUT2D eigenvalue weighted by Gasteiger charge is 2.11. The van der Waals surface area contributed by atoms with Gasteiger partial charge in [-0.05, 0) is 29.8 Å². The van der Waals surface area contributed by atoms with Gasteiger partial charge in [-0.25, -0.2) is 4.79 Å². The Balaban J connectivity index is 2.06. The molecule has 126 valence electrons. The first-order chi connectivity index (χ1) is 11.6. The quantitative estimate of drug-likeness (QED) is 0.573. The summed E-state index contributed by atoms with van der Waals surface area (Å²) < 4.78 is 15.6. The third-order valence-corrected chi connectivity index (χ3v) is 3.58. The number of methoxy groups -OCH3 is 2. The molecule has 0 aromatic heterocycles. The van der Waals surface area contributed by atoms with E-state index in [2.05, 4.69) is 4.74 Å². The van der Waals surface area contributed by atoms with E-state index < -0.39 is 0 Å². The van der Waals surface area contributed by atoms with E-state index in [1.807, 2.05) is 6.92 Å². The number of Topliss-reactive ketones (excluding diaryl/α,β-unsaturated/α-hetero) is 1. The van der Waals surface area contributed by atoms with Crippen molar-refractivity contribution in [3.8, 4) is 11.5 Å². The summed E-state index contributed by atoms with van der Waals surface area (Å²) in [7, 11) is 2.87. The summed E-state index contributed by atoms with van der Waals surface area (Å²) in [6.07, 6.45) is 0.420. The molecule has 0 radical (unpaired) electrons. The molecule has 2 aromatic carbocycles. The van der Waals surface area contributed by atoms with Crippen LogP contribution in [0.5, 0.6) is 11.5 Å². The van der Waals surface area contributed by atoms with Crippen molar-refractivity contribution in [3.63, 3.8) is 0 Å². The van der Waals surface area contributed by atoms with Gasteiger partial charge in [-0.3, -0.25) is 4.79 Å². The predicted molar refractivity (Wildman–Crippen MR) is 89.7 cm³/mol. The Morgan fingerprint density at radius 2 is 1.71 bits per heavy atom. The zero-order valence-electron chi connectivity index (χ0n) is 14.0. The Hall–Kier alpha value is -2.82. The van der Waals surface area contributed by atoms with Gasteiger partial charge < -0.3 is 14.2 Å². The number of hydrogen-bond donors (Lipinski definition) is 0. The minimum absolute atomic E-state index is 0.0248. The van der Waals surface area contributed by atoms with Crippen LogP contribution in [0.15, 0.2) is 42.5 Å². The molecule has 0 saturated heterocycles. The molecule has 0 amide bonds. The van der Waals surface area contributed by atoms with Crippen LogP contribution < -0.4 is 9.47 Å². The number of ketones is 1. The highest BCUT2D eigenvalue weighted by Crippen LogP contribution is 2.26. The molecule has 2 aromatic rings. The van der Waals surface area contributed by atoms with Crippen LogP contribution in [0.4, 0.5) is 0 Å². The molecule has 0 saturated carbocycles. The molecule has 0 bridgehead atoms. The van der Waals surface area contributed by atoms with Crippen molar-refractivity contribution >= 4 is 11.8 Å². The van der Waals surface area contributed by atoms with Gasteiger partial charge in [0.05, 0.1) is 25.3 Å². The maximum absolute atomic E-state index is 11.8. The molecule has 0 aliphatic carbocycles. The number of benzene rings is 2. The fraction of sp³-hybridized carbons (Fsp3) is 0.263. The van der Waals surface area contributed by atoms with E-state index in [1.165, 1.54) is 14.2 Å². The number of carbonyl (C=O) groups excluding carboxylic acids is 2. The van der Waals surface area contributed by atoms with Crippen molar-refractivity contribution in [2.45, 2.75) is 20.0 Å². The zero-order valence-corrected chi connectivity index (χ0v) is 14.0. The van der Waals surface area contributed by atoms with Crippen molar-refractivity contribution in [3.05, 3.63) is 59.2 Å². The van der Waals surface area contributed by atoms with Crippen molar-refractivity contribution in [2.75, 3.05) is 14.2 Å². The number of rotatable bonds is 7. The van der Waals surface area contributed by atoms with Gasteiger partial charge in [0.25, 0.3) is 0 Å². The predicted octanol–water partition coefficient (Wildman–Crippen LogP) is 3.65. The minimum atomic E-state index is -0.372. The largest absolute Gasteiger partial charge is 0.496 e. The summed E-state index contributed by atoms with van der Waals surface area (Å²) >= 11 is 0. The van der Waals surface area contributed by atoms with Gasteiger partial charge in [-0.2, -0.15) is 0 Å². The van der Waals surface area contributed by atoms with Gasteiger partial charge in [0, 0.05) is 12.5 Å². The second-order valence-corrected chi connectivity index (χ2v) is 5.12. The summed E-state index contributed by atoms with van der Waals surface area (Å²) in [6.45, 7) is 2.15. The monoisotopic (exact) mass is 328 g/mol. The maximum atomic E-state index is 11.8. The Kier molecular flexibility index (Phi) is 5.95. The van der Waals surface area contributed by atoms with Crippen LogP contribution >= 0.6 is 0 Å². The maximum Gasteiger partial charge on any atom is 0.337 e. The molecular weight excluding hydrogens is 308 g/mol. The zero-order chi connectivity index (χ0) is 17.5. The minimum Gasteiger partial charge on any atom is -0.496 e. The molecule has 24 heavy (non-hydrogen) atoms. The number of carbonyl (C=O) groups is 2. The van der Waals surface area contributed by atoms with Gasteiger partial charge in [0.1, 0.15) is 18.1 Å². The van der Waals surface area contributed by atoms with Gasteiger partial charge in [0.2, 0.25) is 0 Å². The van der Waals surface area contributed by atoms with E-state index in [1.54, 1.807) is 42.5 Å². The third-order valence-electron chi connectivity index (χ3n) is 3.58. The Bertz CT molecular complexity index is 719. The first kappa shape index (κ1) is 17.5. The fourth-order valence-corrected chi connectivity index (χ4v) is 2.20. The molecule has 0 aliphatic rings. The molecule has 0 fully saturated rings. The third kappa shape index (κ3) is 4.13. The van der Waals surface area contributed by atoms with E-state index in [0.717, 1.165) is 5.56 Å². The Morgan fingerprint density at radius 1 is 1.00 bits per heavy atom. The lowest BCUT2D eigenvalue weighted by molar-refractivity contribution is 0.0600. The smallest absolute Gasteiger partial charge is 0.337 e. The lowest BCUT2D eigenvalue weighted by atomic mass is 10.1. The summed E-state index contributed by atoms with van der Waals surface area (Å²) in [5.41, 5.74) is 1.95.